The van der Waals surface area contributed by atoms with Crippen LogP contribution in [-0.2, 0) is 50.6 Å². The van der Waals surface area contributed by atoms with Crippen LogP contribution in [-0.4, -0.2) is 60.6 Å². The minimum Gasteiger partial charge on any atom is -0.462 e. The molecule has 0 spiro atoms. The molecule has 0 aliphatic carbocycles. The van der Waals surface area contributed by atoms with E-state index in [4.69, 9.17) is 23.3 Å². The number of ether oxygens (including phenoxy) is 3. The van der Waals surface area contributed by atoms with Crippen LogP contribution in [0.2, 0.25) is 0 Å². The second-order valence-corrected chi connectivity index (χ2v) is 19.7. The van der Waals surface area contributed by atoms with Crippen molar-refractivity contribution >= 4 is 25.8 Å². The molecule has 0 aliphatic heterocycles. The second-order valence-electron chi connectivity index (χ2n) is 17.8. The Hall–Kier alpha value is -3.24. The number of benzene rings is 2. The van der Waals surface area contributed by atoms with Crippen LogP contribution in [0.4, 0.5) is 4.79 Å². The SMILES string of the molecule is CCCCCCCCCCCCCCCC(=O)OC(COC(=O)CCCCCCCCCCCNC(=O)OCc1ccccc1)COP(=O)(OCc1ccccc1)N(C(C)C)C(C)C. The van der Waals surface area contributed by atoms with E-state index in [0.29, 0.717) is 13.0 Å². The summed E-state index contributed by atoms with van der Waals surface area (Å²) in [5.41, 5.74) is 1.82. The lowest BCUT2D eigenvalue weighted by atomic mass is 10.0. The lowest BCUT2D eigenvalue weighted by Crippen LogP contribution is -2.37. The average molecular weight is 915 g/mol. The maximum absolute atomic E-state index is 14.5. The maximum Gasteiger partial charge on any atom is 0.409 e. The van der Waals surface area contributed by atoms with Crippen LogP contribution in [0.15, 0.2) is 60.7 Å². The third-order valence-corrected chi connectivity index (χ3v) is 13.7. The highest BCUT2D eigenvalue weighted by molar-refractivity contribution is 7.51. The highest BCUT2D eigenvalue weighted by Crippen LogP contribution is 2.55. The Kier molecular flexibility index (Phi) is 32.8. The number of unbranched alkanes of at least 4 members (excludes halogenated alkanes) is 20. The molecule has 0 fully saturated rings. The first-order valence-corrected chi connectivity index (χ1v) is 26.5. The van der Waals surface area contributed by atoms with Gasteiger partial charge in [-0.3, -0.25) is 18.6 Å². The number of rotatable bonds is 40. The fourth-order valence-corrected chi connectivity index (χ4v) is 9.88. The molecule has 0 saturated carbocycles. The Balaban J connectivity index is 1.75. The quantitative estimate of drug-likeness (QED) is 0.0298. The van der Waals surface area contributed by atoms with E-state index >= 15 is 0 Å². The molecule has 0 saturated heterocycles. The first-order valence-electron chi connectivity index (χ1n) is 25.1. The lowest BCUT2D eigenvalue weighted by molar-refractivity contribution is -0.161. The molecule has 2 aromatic rings. The molecule has 2 aromatic carbocycles. The molecule has 11 nitrogen and oxygen atoms in total. The van der Waals surface area contributed by atoms with Gasteiger partial charge in [0, 0.05) is 31.5 Å². The molecule has 0 aliphatic rings. The number of hydrogen-bond donors (Lipinski definition) is 1. The number of alkyl carbamates (subject to hydrolysis) is 1. The number of carbonyl (C=O) groups excluding carboxylic acids is 3. The molecule has 364 valence electrons. The van der Waals surface area contributed by atoms with Crippen LogP contribution in [0.25, 0.3) is 0 Å². The minimum atomic E-state index is -3.88. The number of hydrogen-bond acceptors (Lipinski definition) is 9. The number of nitrogens with zero attached hydrogens (tertiary/aromatic N) is 1. The average Bonchev–Trinajstić information content (AvgIpc) is 3.28. The zero-order chi connectivity index (χ0) is 46.5. The van der Waals surface area contributed by atoms with Crippen LogP contribution >= 0.6 is 7.75 Å². The largest absolute Gasteiger partial charge is 0.462 e. The summed E-state index contributed by atoms with van der Waals surface area (Å²) in [7, 11) is -3.88. The van der Waals surface area contributed by atoms with Gasteiger partial charge in [0.05, 0.1) is 13.2 Å². The van der Waals surface area contributed by atoms with E-state index in [1.165, 1.54) is 64.2 Å². The Morgan fingerprint density at radius 1 is 0.531 bits per heavy atom. The van der Waals surface area contributed by atoms with Gasteiger partial charge in [-0.2, -0.15) is 0 Å². The number of amides is 1. The monoisotopic (exact) mass is 915 g/mol. The van der Waals surface area contributed by atoms with E-state index in [2.05, 4.69) is 12.2 Å². The lowest BCUT2D eigenvalue weighted by Gasteiger charge is -2.36. The van der Waals surface area contributed by atoms with Crippen LogP contribution in [0.3, 0.4) is 0 Å². The number of carbonyl (C=O) groups is 3. The smallest absolute Gasteiger partial charge is 0.409 e. The second kappa shape index (κ2) is 36.9. The van der Waals surface area contributed by atoms with E-state index in [0.717, 1.165) is 81.8 Å². The summed E-state index contributed by atoms with van der Waals surface area (Å²) in [4.78, 5) is 37.9. The summed E-state index contributed by atoms with van der Waals surface area (Å²) in [6.45, 7) is 10.5. The summed E-state index contributed by atoms with van der Waals surface area (Å²) in [5.74, 6) is -0.738. The van der Waals surface area contributed by atoms with Gasteiger partial charge in [-0.25, -0.2) is 14.0 Å². The standard InChI is InChI=1S/C52H87N2O9P/c1-6-7-8-9-10-11-12-13-14-16-20-23-32-39-51(56)63-49(44-62-64(58,54(45(2)3)46(4)5)61-42-48-36-29-26-30-37-48)43-59-50(55)38-31-22-19-17-15-18-21-24-33-40-53-52(57)60-41-47-34-27-25-28-35-47/h25-30,34-37,45-46,49H,6-24,31-33,38-44H2,1-5H3,(H,53,57). The first-order chi connectivity index (χ1) is 31.0. The summed E-state index contributed by atoms with van der Waals surface area (Å²) in [6.07, 6.45) is 24.1. The zero-order valence-corrected chi connectivity index (χ0v) is 41.5. The Morgan fingerprint density at radius 3 is 1.45 bits per heavy atom. The first kappa shape index (κ1) is 56.9. The molecule has 0 bridgehead atoms. The molecule has 12 heteroatoms. The molecule has 2 unspecified atom stereocenters. The topological polar surface area (TPSA) is 130 Å². The van der Waals surface area contributed by atoms with Crippen molar-refractivity contribution in [2.45, 2.75) is 220 Å². The van der Waals surface area contributed by atoms with Gasteiger partial charge < -0.3 is 19.5 Å². The molecular formula is C52H87N2O9P. The summed E-state index contributed by atoms with van der Waals surface area (Å²) >= 11 is 0. The Bertz CT molecular complexity index is 1500. The molecule has 64 heavy (non-hydrogen) atoms. The molecule has 1 amide bonds. The van der Waals surface area contributed by atoms with Gasteiger partial charge in [-0.05, 0) is 58.1 Å². The van der Waals surface area contributed by atoms with E-state index in [-0.39, 0.29) is 69.4 Å². The Labute approximate surface area is 388 Å². The van der Waals surface area contributed by atoms with Gasteiger partial charge in [0.2, 0.25) is 0 Å². The van der Waals surface area contributed by atoms with Crippen molar-refractivity contribution in [2.75, 3.05) is 19.8 Å². The van der Waals surface area contributed by atoms with Crippen molar-refractivity contribution in [2.24, 2.45) is 0 Å². The summed E-state index contributed by atoms with van der Waals surface area (Å²) in [6, 6.07) is 18.8. The molecular weight excluding hydrogens is 828 g/mol. The number of nitrogens with one attached hydrogen (secondary N) is 1. The highest BCUT2D eigenvalue weighted by atomic mass is 31.2. The molecule has 0 radical (unpaired) electrons. The molecule has 0 aromatic heterocycles. The predicted octanol–water partition coefficient (Wildman–Crippen LogP) is 14.2. The van der Waals surface area contributed by atoms with Crippen molar-refractivity contribution in [3.63, 3.8) is 0 Å². The Morgan fingerprint density at radius 2 is 0.969 bits per heavy atom. The fourth-order valence-electron chi connectivity index (χ4n) is 7.74. The van der Waals surface area contributed by atoms with E-state index < -0.39 is 13.9 Å². The van der Waals surface area contributed by atoms with Crippen molar-refractivity contribution < 1.29 is 42.2 Å². The molecule has 1 N–H and O–H groups in total. The van der Waals surface area contributed by atoms with Crippen molar-refractivity contribution in [1.29, 1.82) is 0 Å². The van der Waals surface area contributed by atoms with Crippen molar-refractivity contribution in [1.82, 2.24) is 9.99 Å². The van der Waals surface area contributed by atoms with E-state index in [1.54, 1.807) is 4.67 Å². The van der Waals surface area contributed by atoms with Crippen LogP contribution < -0.4 is 5.32 Å². The van der Waals surface area contributed by atoms with E-state index in [1.807, 2.05) is 88.4 Å². The van der Waals surface area contributed by atoms with Crippen LogP contribution in [0.5, 0.6) is 0 Å². The van der Waals surface area contributed by atoms with Gasteiger partial charge in [0.1, 0.15) is 13.2 Å². The third-order valence-electron chi connectivity index (χ3n) is 11.3. The molecule has 0 heterocycles. The fraction of sp³-hybridized carbons (Fsp3) is 0.712. The molecule has 2 rings (SSSR count). The predicted molar refractivity (Wildman–Crippen MR) is 259 cm³/mol. The van der Waals surface area contributed by atoms with E-state index in [9.17, 15) is 18.9 Å². The van der Waals surface area contributed by atoms with Gasteiger partial charge in [0.15, 0.2) is 6.10 Å². The minimum absolute atomic E-state index is 0.0832. The highest BCUT2D eigenvalue weighted by Gasteiger charge is 2.39. The van der Waals surface area contributed by atoms with Crippen LogP contribution in [0, 0.1) is 0 Å². The van der Waals surface area contributed by atoms with Crippen molar-refractivity contribution in [3.8, 4) is 0 Å². The maximum atomic E-state index is 14.5. The van der Waals surface area contributed by atoms with Gasteiger partial charge in [-0.15, -0.1) is 0 Å². The number of esters is 2. The van der Waals surface area contributed by atoms with Gasteiger partial charge in [0.25, 0.3) is 0 Å². The normalized spacial score (nSPS) is 12.9. The van der Waals surface area contributed by atoms with Crippen molar-refractivity contribution in [3.05, 3.63) is 71.8 Å². The summed E-state index contributed by atoms with van der Waals surface area (Å²) < 4.78 is 45.2. The zero-order valence-electron chi connectivity index (χ0n) is 40.6. The third kappa shape index (κ3) is 28.6. The van der Waals surface area contributed by atoms with Gasteiger partial charge >= 0.3 is 25.8 Å². The van der Waals surface area contributed by atoms with Crippen LogP contribution in [0.1, 0.15) is 200 Å². The summed E-state index contributed by atoms with van der Waals surface area (Å²) in [5, 5.41) is 2.82. The van der Waals surface area contributed by atoms with Gasteiger partial charge in [-0.1, -0.05) is 190 Å². The molecule has 2 atom stereocenters.